The van der Waals surface area contributed by atoms with E-state index in [2.05, 4.69) is 30.0 Å². The van der Waals surface area contributed by atoms with Gasteiger partial charge in [-0.1, -0.05) is 17.3 Å². The number of hydrogen-bond donors (Lipinski definition) is 1. The van der Waals surface area contributed by atoms with Gasteiger partial charge in [-0.2, -0.15) is 4.98 Å². The van der Waals surface area contributed by atoms with E-state index < -0.39 is 0 Å². The molecule has 5 aromatic rings. The molecule has 0 aliphatic rings. The van der Waals surface area contributed by atoms with Crippen molar-refractivity contribution < 1.29 is 13.7 Å². The van der Waals surface area contributed by atoms with Gasteiger partial charge in [-0.25, -0.2) is 14.4 Å². The average Bonchev–Trinajstić information content (AvgIpc) is 3.42. The summed E-state index contributed by atoms with van der Waals surface area (Å²) >= 11 is 0. The van der Waals surface area contributed by atoms with Gasteiger partial charge in [0.05, 0.1) is 18.3 Å². The van der Waals surface area contributed by atoms with Crippen molar-refractivity contribution in [1.82, 2.24) is 24.7 Å². The second-order valence-corrected chi connectivity index (χ2v) is 7.92. The van der Waals surface area contributed by atoms with Crippen LogP contribution in [0.5, 0.6) is 5.75 Å². The number of rotatable bonds is 7. The number of fused-ring (bicyclic) bond motifs is 1. The van der Waals surface area contributed by atoms with Gasteiger partial charge in [0.15, 0.2) is 5.82 Å². The van der Waals surface area contributed by atoms with Crippen LogP contribution in [0.15, 0.2) is 59.4 Å². The van der Waals surface area contributed by atoms with E-state index in [9.17, 15) is 4.39 Å². The normalized spacial score (nSPS) is 11.2. The number of anilines is 1. The monoisotopic (exact) mass is 458 g/mol. The first-order valence-corrected chi connectivity index (χ1v) is 10.8. The molecule has 0 atom stereocenters. The van der Waals surface area contributed by atoms with Crippen molar-refractivity contribution in [2.24, 2.45) is 0 Å². The summed E-state index contributed by atoms with van der Waals surface area (Å²) < 4.78 is 26.7. The Kier molecular flexibility index (Phi) is 5.67. The minimum Gasteiger partial charge on any atom is -0.496 e. The molecule has 0 bridgehead atoms. The lowest BCUT2D eigenvalue weighted by Gasteiger charge is -2.11. The molecule has 0 aliphatic carbocycles. The summed E-state index contributed by atoms with van der Waals surface area (Å²) in [6.07, 6.45) is 1.53. The third-order valence-electron chi connectivity index (χ3n) is 5.64. The van der Waals surface area contributed by atoms with Crippen molar-refractivity contribution in [3.63, 3.8) is 0 Å². The largest absolute Gasteiger partial charge is 0.496 e. The Hall–Kier alpha value is -4.27. The van der Waals surface area contributed by atoms with Crippen LogP contribution in [0.1, 0.15) is 11.5 Å². The molecule has 0 saturated carbocycles. The molecule has 8 nitrogen and oxygen atoms in total. The van der Waals surface area contributed by atoms with Crippen LogP contribution in [0.25, 0.3) is 33.6 Å². The number of aromatic nitrogens is 5. The fourth-order valence-electron chi connectivity index (χ4n) is 4.00. The smallest absolute Gasteiger partial charge is 0.257 e. The zero-order valence-corrected chi connectivity index (χ0v) is 19.0. The minimum atomic E-state index is -0.322. The second kappa shape index (κ2) is 8.93. The number of nitrogens with zero attached hydrogens (tertiary/aromatic N) is 5. The molecule has 3 heterocycles. The summed E-state index contributed by atoms with van der Waals surface area (Å²) in [7, 11) is 1.55. The molecule has 0 spiro atoms. The molecule has 0 saturated heterocycles. The van der Waals surface area contributed by atoms with Gasteiger partial charge >= 0.3 is 0 Å². The average molecular weight is 458 g/mol. The van der Waals surface area contributed by atoms with Crippen LogP contribution in [0, 0.1) is 19.7 Å². The molecule has 1 N–H and O–H groups in total. The van der Waals surface area contributed by atoms with Gasteiger partial charge in [-0.3, -0.25) is 0 Å². The Balaban J connectivity index is 1.30. The molecule has 2 aromatic carbocycles. The summed E-state index contributed by atoms with van der Waals surface area (Å²) in [5, 5.41) is 8.06. The maximum atomic E-state index is 14.1. The molecule has 0 amide bonds. The van der Waals surface area contributed by atoms with E-state index >= 15 is 0 Å². The van der Waals surface area contributed by atoms with Crippen molar-refractivity contribution in [3.8, 4) is 28.5 Å². The third kappa shape index (κ3) is 4.19. The number of nitrogens with one attached hydrogen (secondary N) is 1. The Bertz CT molecular complexity index is 1460. The lowest BCUT2D eigenvalue weighted by Crippen LogP contribution is -2.12. The van der Waals surface area contributed by atoms with Gasteiger partial charge < -0.3 is 19.1 Å². The fraction of sp³-hybridized carbons (Fsp3) is 0.200. The van der Waals surface area contributed by atoms with Gasteiger partial charge in [0, 0.05) is 47.4 Å². The summed E-state index contributed by atoms with van der Waals surface area (Å²) in [6, 6.07) is 14.6. The number of hydrogen-bond acceptors (Lipinski definition) is 7. The zero-order chi connectivity index (χ0) is 23.7. The van der Waals surface area contributed by atoms with Crippen LogP contribution in [0.4, 0.5) is 10.2 Å². The summed E-state index contributed by atoms with van der Waals surface area (Å²) in [5.74, 6) is 2.00. The first kappa shape index (κ1) is 21.6. The second-order valence-electron chi connectivity index (χ2n) is 7.92. The minimum absolute atomic E-state index is 0.322. The highest BCUT2D eigenvalue weighted by Crippen LogP contribution is 2.30. The first-order valence-electron chi connectivity index (χ1n) is 10.8. The van der Waals surface area contributed by atoms with Crippen molar-refractivity contribution in [2.45, 2.75) is 20.4 Å². The van der Waals surface area contributed by atoms with E-state index in [0.717, 1.165) is 33.4 Å². The molecule has 0 unspecified atom stereocenters. The summed E-state index contributed by atoms with van der Waals surface area (Å²) in [4.78, 5) is 13.0. The fourth-order valence-corrected chi connectivity index (χ4v) is 4.00. The summed E-state index contributed by atoms with van der Waals surface area (Å²) in [5.41, 5.74) is 4.41. The maximum Gasteiger partial charge on any atom is 0.257 e. The number of methoxy groups -OCH3 is 1. The zero-order valence-electron chi connectivity index (χ0n) is 19.0. The molecule has 172 valence electrons. The predicted octanol–water partition coefficient (Wildman–Crippen LogP) is 5.02. The van der Waals surface area contributed by atoms with Crippen LogP contribution in [0.3, 0.4) is 0 Å². The van der Waals surface area contributed by atoms with Crippen molar-refractivity contribution in [3.05, 3.63) is 72.2 Å². The highest BCUT2D eigenvalue weighted by atomic mass is 19.1. The van der Waals surface area contributed by atoms with E-state index in [4.69, 9.17) is 9.26 Å². The van der Waals surface area contributed by atoms with Crippen molar-refractivity contribution in [2.75, 3.05) is 19.0 Å². The van der Waals surface area contributed by atoms with Crippen LogP contribution in [-0.2, 0) is 6.54 Å². The first-order chi connectivity index (χ1) is 16.5. The van der Waals surface area contributed by atoms with Crippen LogP contribution in [0.2, 0.25) is 0 Å². The number of benzene rings is 2. The molecular weight excluding hydrogens is 435 g/mol. The predicted molar refractivity (Wildman–Crippen MR) is 127 cm³/mol. The Labute approximate surface area is 195 Å². The number of ether oxygens (including phenoxy) is 1. The van der Waals surface area contributed by atoms with E-state index in [-0.39, 0.29) is 5.82 Å². The quantitative estimate of drug-likeness (QED) is 0.366. The Morgan fingerprint density at radius 1 is 1.03 bits per heavy atom. The molecule has 5 rings (SSSR count). The van der Waals surface area contributed by atoms with Gasteiger partial charge in [0.1, 0.15) is 23.7 Å². The highest BCUT2D eigenvalue weighted by molar-refractivity contribution is 5.87. The number of aryl methyl sites for hydroxylation is 2. The lowest BCUT2D eigenvalue weighted by atomic mass is 10.1. The number of halogens is 1. The van der Waals surface area contributed by atoms with Gasteiger partial charge in [-0.15, -0.1) is 0 Å². The van der Waals surface area contributed by atoms with E-state index in [1.54, 1.807) is 14.0 Å². The van der Waals surface area contributed by atoms with Crippen LogP contribution >= 0.6 is 0 Å². The van der Waals surface area contributed by atoms with Gasteiger partial charge in [0.25, 0.3) is 5.89 Å². The SMILES string of the molecule is COc1cc(F)cc2c1cc(C)n2CCNc1cc(-c2ccc(-c3nc(C)no3)cc2)ncn1. The van der Waals surface area contributed by atoms with Gasteiger partial charge in [0.2, 0.25) is 0 Å². The van der Waals surface area contributed by atoms with Crippen LogP contribution < -0.4 is 10.1 Å². The van der Waals surface area contributed by atoms with E-state index in [1.807, 2.05) is 43.3 Å². The molecular formula is C25H23FN6O2. The highest BCUT2D eigenvalue weighted by Gasteiger charge is 2.12. The topological polar surface area (TPSA) is 90.9 Å². The molecule has 0 fully saturated rings. The lowest BCUT2D eigenvalue weighted by molar-refractivity contribution is 0.416. The van der Waals surface area contributed by atoms with Crippen molar-refractivity contribution in [1.29, 1.82) is 0 Å². The standard InChI is InChI=1S/C25H23FN6O2/c1-15-10-20-22(11-19(26)12-23(20)33-3)32(15)9-8-27-24-13-21(28-14-29-24)17-4-6-18(7-5-17)25-30-16(2)31-34-25/h4-7,10-14H,8-9H2,1-3H3,(H,27,28,29). The maximum absolute atomic E-state index is 14.1. The molecule has 3 aromatic heterocycles. The molecule has 0 aliphatic heterocycles. The van der Waals surface area contributed by atoms with Crippen molar-refractivity contribution >= 4 is 16.7 Å². The summed E-state index contributed by atoms with van der Waals surface area (Å²) in [6.45, 7) is 5.03. The molecule has 9 heteroatoms. The molecule has 34 heavy (non-hydrogen) atoms. The Morgan fingerprint density at radius 2 is 1.82 bits per heavy atom. The van der Waals surface area contributed by atoms with E-state index in [1.165, 1.54) is 18.5 Å². The Morgan fingerprint density at radius 3 is 2.56 bits per heavy atom. The van der Waals surface area contributed by atoms with Crippen LogP contribution in [-0.4, -0.2) is 38.3 Å². The third-order valence-corrected chi connectivity index (χ3v) is 5.64. The molecule has 0 radical (unpaired) electrons. The van der Waals surface area contributed by atoms with Gasteiger partial charge in [-0.05, 0) is 38.1 Å². The van der Waals surface area contributed by atoms with E-state index in [0.29, 0.717) is 36.4 Å².